The summed E-state index contributed by atoms with van der Waals surface area (Å²) in [6.07, 6.45) is 5.60. The van der Waals surface area contributed by atoms with Gasteiger partial charge in [-0.15, -0.1) is 0 Å². The van der Waals surface area contributed by atoms with Gasteiger partial charge in [0.1, 0.15) is 11.9 Å². The van der Waals surface area contributed by atoms with E-state index in [1.807, 2.05) is 55.5 Å². The molecule has 0 saturated carbocycles. The number of likely N-dealkylation sites (N-methyl/N-ethyl adjacent to an activating group) is 1. The van der Waals surface area contributed by atoms with E-state index in [1.165, 1.54) is 6.42 Å². The number of carbonyl (C=O) groups is 2. The van der Waals surface area contributed by atoms with Crippen LogP contribution in [0.2, 0.25) is 0 Å². The first-order valence-corrected chi connectivity index (χ1v) is 12.7. The van der Waals surface area contributed by atoms with Crippen LogP contribution in [0.3, 0.4) is 0 Å². The molecule has 1 fully saturated rings. The molecule has 7 heteroatoms. The maximum Gasteiger partial charge on any atom is 0.251 e. The van der Waals surface area contributed by atoms with Gasteiger partial charge >= 0.3 is 0 Å². The van der Waals surface area contributed by atoms with Gasteiger partial charge in [-0.25, -0.2) is 0 Å². The number of nitrogens with zero attached hydrogens (tertiary/aromatic N) is 2. The van der Waals surface area contributed by atoms with Crippen LogP contribution in [0.5, 0.6) is 5.75 Å². The molecule has 1 unspecified atom stereocenters. The van der Waals surface area contributed by atoms with Crippen molar-refractivity contribution in [3.05, 3.63) is 83.2 Å². The first kappa shape index (κ1) is 24.0. The predicted molar refractivity (Wildman–Crippen MR) is 139 cm³/mol. The summed E-state index contributed by atoms with van der Waals surface area (Å²) >= 11 is 0. The highest BCUT2D eigenvalue weighted by Crippen LogP contribution is 2.41. The van der Waals surface area contributed by atoms with Crippen LogP contribution in [0.25, 0.3) is 11.1 Å². The van der Waals surface area contributed by atoms with Crippen molar-refractivity contribution in [3.63, 3.8) is 0 Å². The second-order valence-corrected chi connectivity index (χ2v) is 9.45. The van der Waals surface area contributed by atoms with E-state index in [1.54, 1.807) is 12.4 Å². The number of benzene rings is 2. The van der Waals surface area contributed by atoms with Crippen LogP contribution < -0.4 is 15.4 Å². The fourth-order valence-electron chi connectivity index (χ4n) is 5.20. The zero-order valence-electron chi connectivity index (χ0n) is 20.8. The van der Waals surface area contributed by atoms with Crippen LogP contribution in [0, 0.1) is 0 Å². The van der Waals surface area contributed by atoms with E-state index in [2.05, 4.69) is 27.4 Å². The number of pyridine rings is 1. The van der Waals surface area contributed by atoms with Gasteiger partial charge in [-0.2, -0.15) is 0 Å². The second kappa shape index (κ2) is 10.5. The van der Waals surface area contributed by atoms with E-state index < -0.39 is 0 Å². The summed E-state index contributed by atoms with van der Waals surface area (Å²) in [5.41, 5.74) is 5.08. The molecule has 1 aromatic heterocycles. The predicted octanol–water partition coefficient (Wildman–Crippen LogP) is 4.35. The largest absolute Gasteiger partial charge is 0.484 e. The van der Waals surface area contributed by atoms with Crippen LogP contribution >= 0.6 is 0 Å². The molecule has 0 spiro atoms. The minimum absolute atomic E-state index is 0.0784. The van der Waals surface area contributed by atoms with Crippen LogP contribution in [0.15, 0.2) is 60.9 Å². The topological polar surface area (TPSA) is 83.6 Å². The lowest BCUT2D eigenvalue weighted by Gasteiger charge is -2.26. The molecule has 0 aliphatic carbocycles. The molecule has 3 aromatic rings. The molecule has 0 bridgehead atoms. The molecular formula is C29H32N4O3. The Morgan fingerprint density at radius 2 is 1.89 bits per heavy atom. The lowest BCUT2D eigenvalue weighted by Crippen LogP contribution is -2.40. The Morgan fingerprint density at radius 3 is 2.75 bits per heavy atom. The Balaban J connectivity index is 1.21. The summed E-state index contributed by atoms with van der Waals surface area (Å²) in [6.45, 7) is 7.25. The molecule has 2 atom stereocenters. The maximum atomic E-state index is 12.9. The first-order valence-electron chi connectivity index (χ1n) is 12.7. The molecule has 36 heavy (non-hydrogen) atoms. The summed E-state index contributed by atoms with van der Waals surface area (Å²) in [7, 11) is 0. The summed E-state index contributed by atoms with van der Waals surface area (Å²) in [4.78, 5) is 32.2. The number of likely N-dealkylation sites (tertiary alicyclic amines) is 1. The van der Waals surface area contributed by atoms with Crippen molar-refractivity contribution in [1.82, 2.24) is 20.5 Å². The van der Waals surface area contributed by atoms with Crippen molar-refractivity contribution < 1.29 is 14.3 Å². The van der Waals surface area contributed by atoms with E-state index in [-0.39, 0.29) is 17.9 Å². The Hall–Kier alpha value is -3.71. The number of aromatic nitrogens is 1. The van der Waals surface area contributed by atoms with Gasteiger partial charge in [0.05, 0.1) is 6.20 Å². The normalized spacial score (nSPS) is 18.6. The molecule has 0 radical (unpaired) electrons. The van der Waals surface area contributed by atoms with E-state index in [4.69, 9.17) is 4.74 Å². The number of carbonyl (C=O) groups excluding carboxylic acids is 2. The summed E-state index contributed by atoms with van der Waals surface area (Å²) < 4.78 is 5.99. The third-order valence-electron chi connectivity index (χ3n) is 7.18. The summed E-state index contributed by atoms with van der Waals surface area (Å²) in [5.74, 6) is 0.510. The molecule has 2 amide bonds. The average molecular weight is 485 g/mol. The van der Waals surface area contributed by atoms with E-state index in [0.29, 0.717) is 30.3 Å². The van der Waals surface area contributed by atoms with E-state index >= 15 is 0 Å². The molecule has 7 nitrogen and oxygen atoms in total. The average Bonchev–Trinajstić information content (AvgIpc) is 3.38. The fourth-order valence-corrected chi connectivity index (χ4v) is 5.20. The number of amides is 2. The Bertz CT molecular complexity index is 1270. The Labute approximate surface area is 211 Å². The highest BCUT2D eigenvalue weighted by molar-refractivity contribution is 5.96. The van der Waals surface area contributed by atoms with Crippen LogP contribution in [-0.4, -0.2) is 47.4 Å². The molecule has 3 heterocycles. The monoisotopic (exact) mass is 484 g/mol. The van der Waals surface area contributed by atoms with E-state index in [9.17, 15) is 9.59 Å². The van der Waals surface area contributed by atoms with Crippen LogP contribution in [-0.2, 0) is 6.54 Å². The highest BCUT2D eigenvalue weighted by Gasteiger charge is 2.25. The van der Waals surface area contributed by atoms with E-state index in [0.717, 1.165) is 47.5 Å². The van der Waals surface area contributed by atoms with Crippen molar-refractivity contribution in [3.8, 4) is 16.9 Å². The van der Waals surface area contributed by atoms with Gasteiger partial charge in [0.2, 0.25) is 0 Å². The van der Waals surface area contributed by atoms with Gasteiger partial charge in [-0.1, -0.05) is 25.1 Å². The van der Waals surface area contributed by atoms with Crippen molar-refractivity contribution in [2.75, 3.05) is 19.6 Å². The standard InChI is InChI=1S/C29H32N4O3/c1-3-33-13-5-8-23(33)17-32-28(34)21-7-4-6-20(14-21)16-31-29(35)22-9-10-24-25-11-12-30-18-27(25)36-19(2)26(24)15-22/h4,6-7,9-12,14-15,18-19,23H,3,5,8,13,16-17H2,1-2H3,(H,31,35)(H,32,34)/t19?,23-/m0/s1. The fraction of sp³-hybridized carbons (Fsp3) is 0.345. The third kappa shape index (κ3) is 4.97. The lowest BCUT2D eigenvalue weighted by atomic mass is 9.92. The summed E-state index contributed by atoms with van der Waals surface area (Å²) in [5, 5.41) is 6.06. The van der Waals surface area contributed by atoms with Gasteiger partial charge in [-0.05, 0) is 74.3 Å². The quantitative estimate of drug-likeness (QED) is 0.521. The molecule has 186 valence electrons. The molecule has 2 aromatic carbocycles. The number of fused-ring (bicyclic) bond motifs is 3. The van der Waals surface area contributed by atoms with Gasteiger partial charge in [-0.3, -0.25) is 19.5 Å². The zero-order valence-corrected chi connectivity index (χ0v) is 20.8. The van der Waals surface area contributed by atoms with Crippen molar-refractivity contribution >= 4 is 11.8 Å². The molecule has 5 rings (SSSR count). The van der Waals surface area contributed by atoms with Crippen molar-refractivity contribution in [1.29, 1.82) is 0 Å². The molecular weight excluding hydrogens is 452 g/mol. The number of ether oxygens (including phenoxy) is 1. The Kier molecular flexibility index (Phi) is 7.00. The third-order valence-corrected chi connectivity index (χ3v) is 7.18. The Morgan fingerprint density at radius 1 is 1.06 bits per heavy atom. The number of nitrogens with one attached hydrogen (secondary N) is 2. The smallest absolute Gasteiger partial charge is 0.251 e. The van der Waals surface area contributed by atoms with Gasteiger partial charge < -0.3 is 15.4 Å². The SMILES string of the molecule is CCN1CCC[C@H]1CNC(=O)c1cccc(CNC(=O)c2ccc3c(c2)C(C)Oc2cnccc2-3)c1. The number of hydrogen-bond acceptors (Lipinski definition) is 5. The molecule has 2 N–H and O–H groups in total. The zero-order chi connectivity index (χ0) is 25.1. The molecule has 2 aliphatic heterocycles. The lowest BCUT2D eigenvalue weighted by molar-refractivity contribution is 0.0938. The highest BCUT2D eigenvalue weighted by atomic mass is 16.5. The van der Waals surface area contributed by atoms with Gasteiger partial charge in [0.25, 0.3) is 11.8 Å². The summed E-state index contributed by atoms with van der Waals surface area (Å²) in [6, 6.07) is 15.5. The van der Waals surface area contributed by atoms with Gasteiger partial charge in [0, 0.05) is 47.6 Å². The molecule has 2 aliphatic rings. The minimum Gasteiger partial charge on any atom is -0.484 e. The second-order valence-electron chi connectivity index (χ2n) is 9.45. The van der Waals surface area contributed by atoms with Gasteiger partial charge in [0.15, 0.2) is 0 Å². The first-order chi connectivity index (χ1) is 17.5. The van der Waals surface area contributed by atoms with Crippen LogP contribution in [0.1, 0.15) is 64.6 Å². The minimum atomic E-state index is -0.173. The maximum absolute atomic E-state index is 12.9. The number of rotatable bonds is 7. The van der Waals surface area contributed by atoms with Crippen LogP contribution in [0.4, 0.5) is 0 Å². The number of hydrogen-bond donors (Lipinski definition) is 2. The van der Waals surface area contributed by atoms with Crippen molar-refractivity contribution in [2.45, 2.75) is 45.4 Å². The van der Waals surface area contributed by atoms with Crippen molar-refractivity contribution in [2.24, 2.45) is 0 Å². The molecule has 1 saturated heterocycles.